The number of nitrogens with zero attached hydrogens (tertiary/aromatic N) is 2. The molecular formula is C36H47FN4O5. The second-order valence-corrected chi connectivity index (χ2v) is 12.3. The number of hydrogen-bond acceptors (Lipinski definition) is 6. The first-order valence-electron chi connectivity index (χ1n) is 16.0. The highest BCUT2D eigenvalue weighted by Crippen LogP contribution is 2.29. The fourth-order valence-electron chi connectivity index (χ4n) is 5.56. The topological polar surface area (TPSA) is 103 Å². The number of halogens is 1. The maximum absolute atomic E-state index is 14.3. The van der Waals surface area contributed by atoms with E-state index in [0.717, 1.165) is 25.8 Å². The molecule has 4 atom stereocenters. The Morgan fingerprint density at radius 3 is 2.46 bits per heavy atom. The maximum Gasteiger partial charge on any atom is 0.323 e. The molecule has 1 aliphatic rings. The lowest BCUT2D eigenvalue weighted by molar-refractivity contribution is -0.0177. The summed E-state index contributed by atoms with van der Waals surface area (Å²) in [6.07, 6.45) is 2.26. The molecule has 0 radical (unpaired) electrons. The Hall–Kier alpha value is -3.99. The Balaban J connectivity index is 1.58. The van der Waals surface area contributed by atoms with Crippen molar-refractivity contribution in [1.82, 2.24) is 9.80 Å². The first kappa shape index (κ1) is 34.9. The summed E-state index contributed by atoms with van der Waals surface area (Å²) < 4.78 is 26.0. The van der Waals surface area contributed by atoms with Gasteiger partial charge in [-0.2, -0.15) is 0 Å². The van der Waals surface area contributed by atoms with E-state index in [1.54, 1.807) is 23.1 Å². The van der Waals surface area contributed by atoms with E-state index >= 15 is 0 Å². The number of likely N-dealkylation sites (N-methyl/N-ethyl adjacent to an activating group) is 1. The van der Waals surface area contributed by atoms with Crippen LogP contribution in [0.25, 0.3) is 0 Å². The van der Waals surface area contributed by atoms with Crippen LogP contribution < -0.4 is 15.4 Å². The number of ether oxygens (including phenoxy) is 2. The predicted octanol–water partition coefficient (Wildman–Crippen LogP) is 6.40. The Bertz CT molecular complexity index is 1410. The van der Waals surface area contributed by atoms with Gasteiger partial charge in [-0.25, -0.2) is 9.18 Å². The molecule has 0 fully saturated rings. The monoisotopic (exact) mass is 634 g/mol. The van der Waals surface area contributed by atoms with Gasteiger partial charge in [-0.05, 0) is 88.2 Å². The number of aliphatic hydroxyl groups excluding tert-OH is 1. The zero-order valence-corrected chi connectivity index (χ0v) is 27.2. The molecule has 1 aliphatic heterocycles. The molecule has 0 bridgehead atoms. The van der Waals surface area contributed by atoms with Gasteiger partial charge in [-0.3, -0.25) is 9.69 Å². The molecule has 0 spiro atoms. The van der Waals surface area contributed by atoms with Gasteiger partial charge in [0, 0.05) is 43.5 Å². The summed E-state index contributed by atoms with van der Waals surface area (Å²) in [6.45, 7) is 8.05. The van der Waals surface area contributed by atoms with Gasteiger partial charge < -0.3 is 30.1 Å². The summed E-state index contributed by atoms with van der Waals surface area (Å²) >= 11 is 0. The summed E-state index contributed by atoms with van der Waals surface area (Å²) in [5, 5.41) is 15.6. The third-order valence-electron chi connectivity index (χ3n) is 8.20. The number of fused-ring (bicyclic) bond motifs is 1. The van der Waals surface area contributed by atoms with Crippen LogP contribution in [0.15, 0.2) is 72.8 Å². The Morgan fingerprint density at radius 1 is 1.04 bits per heavy atom. The van der Waals surface area contributed by atoms with E-state index in [1.807, 2.05) is 32.0 Å². The van der Waals surface area contributed by atoms with Gasteiger partial charge in [0.2, 0.25) is 0 Å². The number of urea groups is 1. The van der Waals surface area contributed by atoms with Gasteiger partial charge in [-0.1, -0.05) is 37.3 Å². The summed E-state index contributed by atoms with van der Waals surface area (Å²) in [4.78, 5) is 31.0. The van der Waals surface area contributed by atoms with Crippen molar-refractivity contribution >= 4 is 23.3 Å². The number of anilines is 2. The lowest BCUT2D eigenvalue weighted by Crippen LogP contribution is -2.47. The summed E-state index contributed by atoms with van der Waals surface area (Å²) in [5.74, 6) is -0.355. The smallest absolute Gasteiger partial charge is 0.323 e. The molecule has 0 unspecified atom stereocenters. The van der Waals surface area contributed by atoms with Crippen LogP contribution >= 0.6 is 0 Å². The molecule has 0 saturated heterocycles. The normalized spacial score (nSPS) is 20.3. The SMILES string of the molecule is C[C@@H]1CCCCO[C@@H](CN(C)Cc2ccccc2)[C@H](C)CN([C@@H](C)CO)C(=O)c2cc(NC(=O)Nc3ccc(F)cc3)ccc2O1. The molecule has 4 rings (SSSR count). The van der Waals surface area contributed by atoms with Crippen molar-refractivity contribution in [3.63, 3.8) is 0 Å². The molecule has 46 heavy (non-hydrogen) atoms. The predicted molar refractivity (Wildman–Crippen MR) is 179 cm³/mol. The van der Waals surface area contributed by atoms with Crippen LogP contribution in [0.1, 0.15) is 56.0 Å². The Labute approximate surface area is 271 Å². The van der Waals surface area contributed by atoms with E-state index in [9.17, 15) is 19.1 Å². The minimum absolute atomic E-state index is 0.0507. The van der Waals surface area contributed by atoms with Crippen molar-refractivity contribution in [2.45, 2.75) is 64.8 Å². The largest absolute Gasteiger partial charge is 0.490 e. The van der Waals surface area contributed by atoms with Crippen LogP contribution in [0.5, 0.6) is 5.75 Å². The number of hydrogen-bond donors (Lipinski definition) is 3. The quantitative estimate of drug-likeness (QED) is 0.265. The minimum atomic E-state index is -0.539. The van der Waals surface area contributed by atoms with Crippen molar-refractivity contribution in [3.8, 4) is 5.75 Å². The molecule has 0 aliphatic carbocycles. The highest BCUT2D eigenvalue weighted by atomic mass is 19.1. The number of benzene rings is 3. The average Bonchev–Trinajstić information content (AvgIpc) is 3.04. The molecule has 10 heteroatoms. The number of carbonyl (C=O) groups is 2. The Morgan fingerprint density at radius 2 is 1.74 bits per heavy atom. The highest BCUT2D eigenvalue weighted by molar-refractivity contribution is 6.02. The van der Waals surface area contributed by atoms with Crippen LogP contribution in [-0.2, 0) is 11.3 Å². The van der Waals surface area contributed by atoms with Gasteiger partial charge in [0.15, 0.2) is 0 Å². The number of carbonyl (C=O) groups excluding carboxylic acids is 2. The summed E-state index contributed by atoms with van der Waals surface area (Å²) in [6, 6.07) is 19.7. The van der Waals surface area contributed by atoms with Crippen LogP contribution in [0.3, 0.4) is 0 Å². The van der Waals surface area contributed by atoms with Crippen LogP contribution in [-0.4, -0.2) is 78.4 Å². The van der Waals surface area contributed by atoms with E-state index in [0.29, 0.717) is 36.8 Å². The second-order valence-electron chi connectivity index (χ2n) is 12.3. The lowest BCUT2D eigenvalue weighted by Gasteiger charge is -2.36. The van der Waals surface area contributed by atoms with Crippen molar-refractivity contribution < 1.29 is 28.6 Å². The molecule has 1 heterocycles. The van der Waals surface area contributed by atoms with E-state index in [4.69, 9.17) is 9.47 Å². The molecule has 248 valence electrons. The zero-order chi connectivity index (χ0) is 33.1. The van der Waals surface area contributed by atoms with Crippen molar-refractivity contribution in [3.05, 3.63) is 89.7 Å². The van der Waals surface area contributed by atoms with Gasteiger partial charge in [0.25, 0.3) is 5.91 Å². The Kier molecular flexibility index (Phi) is 12.9. The fourth-order valence-corrected chi connectivity index (χ4v) is 5.56. The minimum Gasteiger partial charge on any atom is -0.490 e. The molecule has 3 aromatic rings. The first-order valence-corrected chi connectivity index (χ1v) is 16.0. The van der Waals surface area contributed by atoms with Crippen LogP contribution in [0.2, 0.25) is 0 Å². The zero-order valence-electron chi connectivity index (χ0n) is 27.2. The average molecular weight is 635 g/mol. The van der Waals surface area contributed by atoms with Gasteiger partial charge in [0.05, 0.1) is 30.4 Å². The van der Waals surface area contributed by atoms with Crippen molar-refractivity contribution in [2.75, 3.05) is 44.0 Å². The molecule has 3 amide bonds. The van der Waals surface area contributed by atoms with E-state index < -0.39 is 17.9 Å². The molecule has 9 nitrogen and oxygen atoms in total. The summed E-state index contributed by atoms with van der Waals surface area (Å²) in [5.41, 5.74) is 2.31. The van der Waals surface area contributed by atoms with Gasteiger partial charge >= 0.3 is 6.03 Å². The number of amides is 3. The molecule has 0 saturated carbocycles. The number of aliphatic hydroxyl groups is 1. The van der Waals surface area contributed by atoms with Gasteiger partial charge in [-0.15, -0.1) is 0 Å². The maximum atomic E-state index is 14.3. The van der Waals surface area contributed by atoms with Crippen LogP contribution in [0, 0.1) is 11.7 Å². The van der Waals surface area contributed by atoms with Crippen molar-refractivity contribution in [1.29, 1.82) is 0 Å². The third kappa shape index (κ3) is 10.3. The molecular weight excluding hydrogens is 587 g/mol. The standard InChI is InChI=1S/C36H47FN4O5/c1-25-21-41(26(2)24-42)35(43)32-20-31(39-36(44)38-30-15-13-29(37)14-16-30)17-18-33(32)46-27(3)10-8-9-19-45-34(25)23-40(4)22-28-11-6-5-7-12-28/h5-7,11-18,20,25-27,34,42H,8-10,19,21-24H2,1-4H3,(H2,38,39,44)/t25-,26+,27-,34+/m1/s1. The molecule has 3 aromatic carbocycles. The van der Waals surface area contributed by atoms with E-state index in [-0.39, 0.29) is 36.2 Å². The third-order valence-corrected chi connectivity index (χ3v) is 8.20. The lowest BCUT2D eigenvalue weighted by atomic mass is 10.0. The summed E-state index contributed by atoms with van der Waals surface area (Å²) in [7, 11) is 2.07. The van der Waals surface area contributed by atoms with Crippen molar-refractivity contribution in [2.24, 2.45) is 5.92 Å². The van der Waals surface area contributed by atoms with E-state index in [1.165, 1.54) is 29.8 Å². The van der Waals surface area contributed by atoms with Crippen LogP contribution in [0.4, 0.5) is 20.6 Å². The molecule has 3 N–H and O–H groups in total. The number of nitrogens with one attached hydrogen (secondary N) is 2. The number of rotatable bonds is 8. The van der Waals surface area contributed by atoms with Gasteiger partial charge in [0.1, 0.15) is 11.6 Å². The second kappa shape index (κ2) is 17.1. The first-order chi connectivity index (χ1) is 22.1. The van der Waals surface area contributed by atoms with E-state index in [2.05, 4.69) is 41.6 Å². The highest BCUT2D eigenvalue weighted by Gasteiger charge is 2.30. The molecule has 0 aromatic heterocycles. The fraction of sp³-hybridized carbons (Fsp3) is 0.444.